The van der Waals surface area contributed by atoms with Gasteiger partial charge in [0, 0.05) is 0 Å². The van der Waals surface area contributed by atoms with Gasteiger partial charge in [0.2, 0.25) is 0 Å². The Kier molecular flexibility index (Phi) is 2.94. The highest BCUT2D eigenvalue weighted by molar-refractivity contribution is 6.26. The van der Waals surface area contributed by atoms with E-state index in [1.165, 1.54) is 23.2 Å². The fourth-order valence-electron chi connectivity index (χ4n) is 2.82. The standard InChI is InChI=1S/C16H11FN4O2/c17-10-5-4-8-12(9-10)21-14-13(18-19-21)15(22)20(16(14)23)11-6-2-1-3-7-11/h1-9,13-14H/t13-,14+/m1/s1. The average Bonchev–Trinajstić information content (AvgIpc) is 3.09. The van der Waals surface area contributed by atoms with Gasteiger partial charge in [0.1, 0.15) is 5.82 Å². The van der Waals surface area contributed by atoms with Crippen LogP contribution in [0.15, 0.2) is 64.9 Å². The summed E-state index contributed by atoms with van der Waals surface area (Å²) < 4.78 is 13.4. The summed E-state index contributed by atoms with van der Waals surface area (Å²) >= 11 is 0. The molecule has 0 saturated carbocycles. The van der Waals surface area contributed by atoms with Crippen molar-refractivity contribution >= 4 is 23.2 Å². The first-order valence-corrected chi connectivity index (χ1v) is 7.05. The van der Waals surface area contributed by atoms with E-state index in [-0.39, 0.29) is 0 Å². The maximum absolute atomic E-state index is 13.4. The van der Waals surface area contributed by atoms with Crippen molar-refractivity contribution in [1.82, 2.24) is 0 Å². The monoisotopic (exact) mass is 310 g/mol. The van der Waals surface area contributed by atoms with Crippen LogP contribution in [0.25, 0.3) is 0 Å². The summed E-state index contributed by atoms with van der Waals surface area (Å²) in [4.78, 5) is 26.3. The first-order chi connectivity index (χ1) is 11.2. The molecule has 2 aromatic carbocycles. The van der Waals surface area contributed by atoms with E-state index in [0.29, 0.717) is 11.4 Å². The summed E-state index contributed by atoms with van der Waals surface area (Å²) in [6.07, 6.45) is 0. The highest BCUT2D eigenvalue weighted by atomic mass is 19.1. The lowest BCUT2D eigenvalue weighted by molar-refractivity contribution is -0.121. The molecule has 0 unspecified atom stereocenters. The summed E-state index contributed by atoms with van der Waals surface area (Å²) in [6, 6.07) is 12.6. The zero-order valence-corrected chi connectivity index (χ0v) is 11.8. The smallest absolute Gasteiger partial charge is 0.263 e. The number of fused-ring (bicyclic) bond motifs is 1. The summed E-state index contributed by atoms with van der Waals surface area (Å²) in [7, 11) is 0. The van der Waals surface area contributed by atoms with Crippen molar-refractivity contribution in [2.75, 3.05) is 9.91 Å². The number of nitrogens with zero attached hydrogens (tertiary/aromatic N) is 4. The molecule has 0 aromatic heterocycles. The van der Waals surface area contributed by atoms with Crippen molar-refractivity contribution in [2.45, 2.75) is 12.1 Å². The van der Waals surface area contributed by atoms with Gasteiger partial charge in [0.05, 0.1) is 11.4 Å². The second-order valence-electron chi connectivity index (χ2n) is 5.27. The maximum Gasteiger partial charge on any atom is 0.263 e. The normalized spacial score (nSPS) is 22.8. The third-order valence-corrected chi connectivity index (χ3v) is 3.87. The molecule has 0 N–H and O–H groups in total. The van der Waals surface area contributed by atoms with Crippen molar-refractivity contribution in [3.05, 3.63) is 60.4 Å². The fraction of sp³-hybridized carbons (Fsp3) is 0.125. The Hall–Kier alpha value is -3.09. The Morgan fingerprint density at radius 2 is 1.65 bits per heavy atom. The summed E-state index contributed by atoms with van der Waals surface area (Å²) in [6.45, 7) is 0. The van der Waals surface area contributed by atoms with Crippen LogP contribution in [0.2, 0.25) is 0 Å². The molecule has 2 amide bonds. The van der Waals surface area contributed by atoms with Crippen LogP contribution in [-0.2, 0) is 9.59 Å². The molecular weight excluding hydrogens is 299 g/mol. The predicted molar refractivity (Wildman–Crippen MR) is 80.2 cm³/mol. The first kappa shape index (κ1) is 13.6. The minimum atomic E-state index is -0.897. The van der Waals surface area contributed by atoms with Crippen molar-refractivity contribution in [3.63, 3.8) is 0 Å². The Morgan fingerprint density at radius 3 is 2.39 bits per heavy atom. The molecule has 2 aliphatic rings. The quantitative estimate of drug-likeness (QED) is 0.800. The van der Waals surface area contributed by atoms with Gasteiger partial charge in [0.15, 0.2) is 12.1 Å². The van der Waals surface area contributed by atoms with Crippen molar-refractivity contribution in [3.8, 4) is 0 Å². The zero-order chi connectivity index (χ0) is 16.0. The lowest BCUT2D eigenvalue weighted by Crippen LogP contribution is -2.39. The molecule has 0 bridgehead atoms. The van der Waals surface area contributed by atoms with E-state index < -0.39 is 29.7 Å². The van der Waals surface area contributed by atoms with Crippen LogP contribution in [0, 0.1) is 5.82 Å². The lowest BCUT2D eigenvalue weighted by atomic mass is 10.1. The summed E-state index contributed by atoms with van der Waals surface area (Å²) in [5.74, 6) is -1.29. The SMILES string of the molecule is O=C1[C@@H]2[C@@H](N=NN2c2cccc(F)c2)C(=O)N1c1ccccc1. The van der Waals surface area contributed by atoms with Crippen LogP contribution in [0.4, 0.5) is 15.8 Å². The number of para-hydroxylation sites is 1. The Bertz CT molecular complexity index is 824. The zero-order valence-electron chi connectivity index (χ0n) is 11.8. The molecule has 0 aliphatic carbocycles. The van der Waals surface area contributed by atoms with Gasteiger partial charge >= 0.3 is 0 Å². The van der Waals surface area contributed by atoms with Gasteiger partial charge in [-0.15, -0.1) is 0 Å². The minimum absolute atomic E-state index is 0.386. The molecule has 1 saturated heterocycles. The van der Waals surface area contributed by atoms with E-state index in [1.54, 1.807) is 36.4 Å². The summed E-state index contributed by atoms with van der Waals surface area (Å²) in [5, 5.41) is 9.10. The lowest BCUT2D eigenvalue weighted by Gasteiger charge is -2.20. The molecule has 1 fully saturated rings. The fourth-order valence-corrected chi connectivity index (χ4v) is 2.82. The van der Waals surface area contributed by atoms with E-state index >= 15 is 0 Å². The molecule has 23 heavy (non-hydrogen) atoms. The van der Waals surface area contributed by atoms with Crippen molar-refractivity contribution < 1.29 is 14.0 Å². The highest BCUT2D eigenvalue weighted by Crippen LogP contribution is 2.34. The number of anilines is 2. The van der Waals surface area contributed by atoms with E-state index in [9.17, 15) is 14.0 Å². The number of imide groups is 1. The molecule has 2 heterocycles. The second kappa shape index (κ2) is 4.98. The van der Waals surface area contributed by atoms with Crippen LogP contribution in [0.1, 0.15) is 0 Å². The number of rotatable bonds is 2. The first-order valence-electron chi connectivity index (χ1n) is 7.05. The molecule has 2 aromatic rings. The number of benzene rings is 2. The van der Waals surface area contributed by atoms with Gasteiger partial charge in [-0.3, -0.25) is 9.59 Å². The van der Waals surface area contributed by atoms with Gasteiger partial charge in [0.25, 0.3) is 11.8 Å². The number of amides is 2. The topological polar surface area (TPSA) is 65.3 Å². The third kappa shape index (κ3) is 2.01. The van der Waals surface area contributed by atoms with Crippen LogP contribution in [0.3, 0.4) is 0 Å². The molecule has 0 radical (unpaired) electrons. The molecule has 0 spiro atoms. The van der Waals surface area contributed by atoms with Crippen molar-refractivity contribution in [2.24, 2.45) is 10.3 Å². The minimum Gasteiger partial charge on any atom is -0.271 e. The van der Waals surface area contributed by atoms with Gasteiger partial charge in [-0.2, -0.15) is 5.11 Å². The number of hydrogen-bond acceptors (Lipinski definition) is 5. The summed E-state index contributed by atoms with van der Waals surface area (Å²) in [5.41, 5.74) is 0.878. The van der Waals surface area contributed by atoms with Crippen LogP contribution >= 0.6 is 0 Å². The number of halogens is 1. The highest BCUT2D eigenvalue weighted by Gasteiger charge is 2.55. The van der Waals surface area contributed by atoms with Gasteiger partial charge < -0.3 is 0 Å². The average molecular weight is 310 g/mol. The number of carbonyl (C=O) groups excluding carboxylic acids is 2. The predicted octanol–water partition coefficient (Wildman–Crippen LogP) is 2.32. The Balaban J connectivity index is 1.72. The molecule has 114 valence electrons. The second-order valence-corrected chi connectivity index (χ2v) is 5.27. The Labute approximate surface area is 130 Å². The van der Waals surface area contributed by atoms with Crippen LogP contribution in [0.5, 0.6) is 0 Å². The maximum atomic E-state index is 13.4. The van der Waals surface area contributed by atoms with Gasteiger partial charge in [-0.05, 0) is 30.3 Å². The van der Waals surface area contributed by atoms with E-state index in [1.807, 2.05) is 0 Å². The molecular formula is C16H11FN4O2. The van der Waals surface area contributed by atoms with E-state index in [0.717, 1.165) is 4.90 Å². The molecule has 7 heteroatoms. The number of hydrogen-bond donors (Lipinski definition) is 0. The number of carbonyl (C=O) groups is 2. The molecule has 4 rings (SSSR count). The third-order valence-electron chi connectivity index (χ3n) is 3.87. The largest absolute Gasteiger partial charge is 0.271 e. The van der Waals surface area contributed by atoms with Crippen molar-refractivity contribution in [1.29, 1.82) is 0 Å². The molecule has 6 nitrogen and oxygen atoms in total. The van der Waals surface area contributed by atoms with Crippen LogP contribution < -0.4 is 9.91 Å². The van der Waals surface area contributed by atoms with Crippen LogP contribution in [-0.4, -0.2) is 23.9 Å². The van der Waals surface area contributed by atoms with Gasteiger partial charge in [-0.1, -0.05) is 29.5 Å². The van der Waals surface area contributed by atoms with E-state index in [2.05, 4.69) is 10.3 Å². The Morgan fingerprint density at radius 1 is 0.913 bits per heavy atom. The molecule has 2 atom stereocenters. The van der Waals surface area contributed by atoms with Gasteiger partial charge in [-0.25, -0.2) is 14.3 Å². The van der Waals surface area contributed by atoms with E-state index in [4.69, 9.17) is 0 Å². The molecule has 2 aliphatic heterocycles.